The Labute approximate surface area is 248 Å². The van der Waals surface area contributed by atoms with Gasteiger partial charge < -0.3 is 25.7 Å². The molecule has 4 unspecified atom stereocenters. The molecule has 0 aliphatic carbocycles. The molecule has 4 N–H and O–H groups in total. The Morgan fingerprint density at radius 1 is 0.738 bits per heavy atom. The van der Waals surface area contributed by atoms with Crippen LogP contribution in [0.2, 0.25) is 0 Å². The van der Waals surface area contributed by atoms with Gasteiger partial charge in [0.2, 0.25) is 0 Å². The maximum absolute atomic E-state index is 13.6. The van der Waals surface area contributed by atoms with Gasteiger partial charge >= 0.3 is 0 Å². The van der Waals surface area contributed by atoms with E-state index >= 15 is 0 Å². The van der Waals surface area contributed by atoms with Crippen molar-refractivity contribution in [3.63, 3.8) is 0 Å². The maximum Gasteiger partial charge on any atom is 0.253 e. The molecule has 3 aromatic carbocycles. The van der Waals surface area contributed by atoms with E-state index in [1.165, 1.54) is 0 Å². The van der Waals surface area contributed by atoms with E-state index in [0.717, 1.165) is 24.0 Å². The molecule has 0 heterocycles. The van der Waals surface area contributed by atoms with Gasteiger partial charge in [-0.3, -0.25) is 14.4 Å². The number of aliphatic hydroxyl groups is 2. The fourth-order valence-electron chi connectivity index (χ4n) is 4.95. The van der Waals surface area contributed by atoms with E-state index in [-0.39, 0.29) is 23.8 Å². The van der Waals surface area contributed by atoms with E-state index in [2.05, 4.69) is 10.6 Å². The first kappa shape index (κ1) is 32.5. The van der Waals surface area contributed by atoms with Crippen molar-refractivity contribution in [2.75, 3.05) is 13.1 Å². The van der Waals surface area contributed by atoms with Crippen LogP contribution in [0.4, 0.5) is 0 Å². The number of amides is 3. The van der Waals surface area contributed by atoms with Gasteiger partial charge in [0.25, 0.3) is 17.7 Å². The molecule has 0 saturated heterocycles. The number of carbonyl (C=O) groups is 3. The van der Waals surface area contributed by atoms with Crippen LogP contribution < -0.4 is 10.6 Å². The number of hydrogen-bond donors (Lipinski definition) is 4. The van der Waals surface area contributed by atoms with Crippen LogP contribution in [0.3, 0.4) is 0 Å². The van der Waals surface area contributed by atoms with Gasteiger partial charge in [0.1, 0.15) is 12.2 Å². The zero-order chi connectivity index (χ0) is 30.6. The van der Waals surface area contributed by atoms with Crippen molar-refractivity contribution in [2.45, 2.75) is 71.2 Å². The summed E-state index contributed by atoms with van der Waals surface area (Å²) in [6.07, 6.45) is -0.885. The van der Waals surface area contributed by atoms with Gasteiger partial charge in [-0.1, -0.05) is 62.4 Å². The molecule has 0 aliphatic rings. The number of aliphatic hydroxyl groups excluding tert-OH is 2. The first-order valence-corrected chi connectivity index (χ1v) is 14.6. The quantitative estimate of drug-likeness (QED) is 0.231. The Hall–Kier alpha value is -4.01. The zero-order valence-corrected chi connectivity index (χ0v) is 24.9. The molecule has 3 amide bonds. The number of rotatable bonds is 14. The van der Waals surface area contributed by atoms with E-state index in [0.29, 0.717) is 24.2 Å². The second-order valence-corrected chi connectivity index (χ2v) is 10.8. The molecule has 0 radical (unpaired) electrons. The van der Waals surface area contributed by atoms with Crippen LogP contribution in [-0.2, 0) is 6.42 Å². The van der Waals surface area contributed by atoms with Crippen molar-refractivity contribution in [1.82, 2.24) is 15.5 Å². The number of nitrogens with one attached hydrogen (secondary N) is 2. The molecule has 0 aromatic heterocycles. The summed E-state index contributed by atoms with van der Waals surface area (Å²) in [6, 6.07) is 21.3. The Balaban J connectivity index is 1.82. The molecular weight excluding hydrogens is 530 g/mol. The molecule has 3 aromatic rings. The standard InChI is InChI=1S/C34H43N3O5/c1-5-17-37(18-6-2)34(42)28-20-23(3)19-27(22-28)33(41)36-29(21-25-13-9-7-10-14-25)31(39)30(38)24(4)35-32(40)26-15-11-8-12-16-26/h7-16,19-20,22,24,29-31,38-39H,5-6,17-18,21H2,1-4H3,(H,35,40)(H,36,41). The highest BCUT2D eigenvalue weighted by Crippen LogP contribution is 2.16. The lowest BCUT2D eigenvalue weighted by molar-refractivity contribution is -0.0187. The lowest BCUT2D eigenvalue weighted by Crippen LogP contribution is -2.55. The average molecular weight is 574 g/mol. The van der Waals surface area contributed by atoms with E-state index in [9.17, 15) is 24.6 Å². The van der Waals surface area contributed by atoms with Gasteiger partial charge in [0.05, 0.1) is 12.1 Å². The van der Waals surface area contributed by atoms with Crippen molar-refractivity contribution in [1.29, 1.82) is 0 Å². The summed E-state index contributed by atoms with van der Waals surface area (Å²) in [5.74, 6) is -0.982. The van der Waals surface area contributed by atoms with Gasteiger partial charge in [-0.05, 0) is 74.6 Å². The van der Waals surface area contributed by atoms with Crippen LogP contribution in [-0.4, -0.2) is 70.2 Å². The van der Waals surface area contributed by atoms with E-state index in [4.69, 9.17) is 0 Å². The van der Waals surface area contributed by atoms with Crippen molar-refractivity contribution < 1.29 is 24.6 Å². The summed E-state index contributed by atoms with van der Waals surface area (Å²) >= 11 is 0. The Morgan fingerprint density at radius 2 is 1.29 bits per heavy atom. The molecule has 3 rings (SSSR count). The topological polar surface area (TPSA) is 119 Å². The fourth-order valence-corrected chi connectivity index (χ4v) is 4.95. The van der Waals surface area contributed by atoms with Gasteiger partial charge in [-0.25, -0.2) is 0 Å². The third-order valence-corrected chi connectivity index (χ3v) is 7.14. The Morgan fingerprint density at radius 3 is 1.88 bits per heavy atom. The summed E-state index contributed by atoms with van der Waals surface area (Å²) < 4.78 is 0. The molecular formula is C34H43N3O5. The van der Waals surface area contributed by atoms with Crippen molar-refractivity contribution in [2.24, 2.45) is 0 Å². The largest absolute Gasteiger partial charge is 0.388 e. The summed E-state index contributed by atoms with van der Waals surface area (Å²) in [7, 11) is 0. The minimum atomic E-state index is -1.41. The van der Waals surface area contributed by atoms with Crippen LogP contribution in [0.1, 0.15) is 75.8 Å². The van der Waals surface area contributed by atoms with Crippen molar-refractivity contribution in [3.05, 3.63) is 107 Å². The Bertz CT molecular complexity index is 1310. The summed E-state index contributed by atoms with van der Waals surface area (Å²) in [5, 5.41) is 28.0. The fraction of sp³-hybridized carbons (Fsp3) is 0.382. The SMILES string of the molecule is CCCN(CCC)C(=O)c1cc(C)cc(C(=O)NC(Cc2ccccc2)C(O)C(O)C(C)NC(=O)c2ccccc2)c1. The predicted molar refractivity (Wildman–Crippen MR) is 164 cm³/mol. The third kappa shape index (κ3) is 8.99. The first-order chi connectivity index (χ1) is 20.1. The third-order valence-electron chi connectivity index (χ3n) is 7.14. The first-order valence-electron chi connectivity index (χ1n) is 14.6. The van der Waals surface area contributed by atoms with Gasteiger partial charge in [0, 0.05) is 29.8 Å². The van der Waals surface area contributed by atoms with Crippen LogP contribution in [0.15, 0.2) is 78.9 Å². The van der Waals surface area contributed by atoms with Crippen LogP contribution >= 0.6 is 0 Å². The molecule has 224 valence electrons. The lowest BCUT2D eigenvalue weighted by Gasteiger charge is -2.31. The second kappa shape index (κ2) is 15.8. The van der Waals surface area contributed by atoms with Gasteiger partial charge in [-0.15, -0.1) is 0 Å². The van der Waals surface area contributed by atoms with Crippen LogP contribution in [0.25, 0.3) is 0 Å². The molecule has 0 bridgehead atoms. The molecule has 0 spiro atoms. The predicted octanol–water partition coefficient (Wildman–Crippen LogP) is 4.14. The molecule has 0 fully saturated rings. The molecule has 0 saturated carbocycles. The minimum absolute atomic E-state index is 0.129. The number of aryl methyl sites for hydroxylation is 1. The highest BCUT2D eigenvalue weighted by molar-refractivity contribution is 6.00. The summed E-state index contributed by atoms with van der Waals surface area (Å²) in [5.41, 5.74) is 2.76. The molecule has 4 atom stereocenters. The van der Waals surface area contributed by atoms with Crippen molar-refractivity contribution in [3.8, 4) is 0 Å². The van der Waals surface area contributed by atoms with Crippen LogP contribution in [0.5, 0.6) is 0 Å². The lowest BCUT2D eigenvalue weighted by atomic mass is 9.94. The summed E-state index contributed by atoms with van der Waals surface area (Å²) in [6.45, 7) is 8.73. The molecule has 8 heteroatoms. The van der Waals surface area contributed by atoms with E-state index < -0.39 is 30.2 Å². The highest BCUT2D eigenvalue weighted by Gasteiger charge is 2.33. The number of benzene rings is 3. The van der Waals surface area contributed by atoms with Gasteiger partial charge in [0.15, 0.2) is 0 Å². The normalized spacial score (nSPS) is 13.9. The number of nitrogens with zero attached hydrogens (tertiary/aromatic N) is 1. The van der Waals surface area contributed by atoms with E-state index in [1.807, 2.05) is 51.1 Å². The highest BCUT2D eigenvalue weighted by atomic mass is 16.3. The Kier molecular flexibility index (Phi) is 12.3. The smallest absolute Gasteiger partial charge is 0.253 e. The van der Waals surface area contributed by atoms with Crippen molar-refractivity contribution >= 4 is 17.7 Å². The molecule has 42 heavy (non-hydrogen) atoms. The zero-order valence-electron chi connectivity index (χ0n) is 24.9. The average Bonchev–Trinajstić information content (AvgIpc) is 3.00. The second-order valence-electron chi connectivity index (χ2n) is 10.8. The molecule has 0 aliphatic heterocycles. The number of carbonyl (C=O) groups excluding carboxylic acids is 3. The minimum Gasteiger partial charge on any atom is -0.388 e. The number of hydrogen-bond acceptors (Lipinski definition) is 5. The van der Waals surface area contributed by atoms with Crippen LogP contribution in [0, 0.1) is 6.92 Å². The maximum atomic E-state index is 13.6. The van der Waals surface area contributed by atoms with E-state index in [1.54, 1.807) is 60.4 Å². The summed E-state index contributed by atoms with van der Waals surface area (Å²) in [4.78, 5) is 41.3. The molecule has 8 nitrogen and oxygen atoms in total. The van der Waals surface area contributed by atoms with Gasteiger partial charge in [-0.2, -0.15) is 0 Å². The monoisotopic (exact) mass is 573 g/mol.